The van der Waals surface area contributed by atoms with Crippen LogP contribution in [0.4, 0.5) is 23.0 Å². The Morgan fingerprint density at radius 2 is 1.40 bits per heavy atom. The van der Waals surface area contributed by atoms with Crippen LogP contribution in [0, 0.1) is 12.3 Å². The smallest absolute Gasteiger partial charge is 0.418 e. The molecule has 0 aromatic heterocycles. The quantitative estimate of drug-likeness (QED) is 0.388. The molecule has 7 heteroatoms. The summed E-state index contributed by atoms with van der Waals surface area (Å²) in [5.74, 6) is 0. The number of aryl methyl sites for hydroxylation is 1. The van der Waals surface area contributed by atoms with Crippen LogP contribution in [0.5, 0.6) is 0 Å². The Morgan fingerprint density at radius 3 is 1.85 bits per heavy atom. The van der Waals surface area contributed by atoms with E-state index in [1.54, 1.807) is 12.1 Å². The van der Waals surface area contributed by atoms with Crippen LogP contribution < -0.4 is 0 Å². The molecule has 2 nitrogen and oxygen atoms in total. The van der Waals surface area contributed by atoms with Crippen LogP contribution in [-0.4, -0.2) is 7.25 Å². The number of hydrogen-bond donors (Lipinski definition) is 0. The van der Waals surface area contributed by atoms with Crippen LogP contribution in [-0.2, 0) is 0 Å². The highest BCUT2D eigenvalue weighted by atomic mass is 19.5. The van der Waals surface area contributed by atoms with Gasteiger partial charge in [0.2, 0.25) is 5.39 Å². The zero-order valence-electron chi connectivity index (χ0n) is 10.6. The van der Waals surface area contributed by atoms with E-state index < -0.39 is 7.25 Å². The first-order chi connectivity index (χ1) is 9.31. The summed E-state index contributed by atoms with van der Waals surface area (Å²) in [5, 5.41) is 8.58. The van der Waals surface area contributed by atoms with Crippen LogP contribution in [0.2, 0.25) is 0 Å². The molecule has 0 saturated carbocycles. The third-order valence-corrected chi connectivity index (χ3v) is 2.44. The molecule has 0 atom stereocenters. The minimum absolute atomic E-state index is 0.576. The van der Waals surface area contributed by atoms with Crippen molar-refractivity contribution < 1.29 is 17.3 Å². The lowest BCUT2D eigenvalue weighted by Gasteiger charge is -2.03. The highest BCUT2D eigenvalue weighted by molar-refractivity contribution is 6.50. The summed E-state index contributed by atoms with van der Waals surface area (Å²) in [6.45, 7) is 2.08. The fourth-order valence-corrected chi connectivity index (χ4v) is 1.60. The third-order valence-electron chi connectivity index (χ3n) is 2.44. The molecule has 0 N–H and O–H groups in total. The van der Waals surface area contributed by atoms with Gasteiger partial charge >= 0.3 is 12.9 Å². The molecule has 0 bridgehead atoms. The van der Waals surface area contributed by atoms with Gasteiger partial charge in [-0.05, 0) is 35.7 Å². The Balaban J connectivity index is 0.000000347. The number of nitrogens with zero attached hydrogens (tertiary/aromatic N) is 2. The number of halogens is 4. The lowest BCUT2D eigenvalue weighted by atomic mass is 10.0. The summed E-state index contributed by atoms with van der Waals surface area (Å²) in [6, 6.07) is 15.7. The maximum absolute atomic E-state index is 9.75. The van der Waals surface area contributed by atoms with Crippen molar-refractivity contribution in [1.82, 2.24) is 0 Å². The first-order valence-electron chi connectivity index (χ1n) is 5.70. The molecule has 0 fully saturated rings. The second-order valence-electron chi connectivity index (χ2n) is 3.96. The molecule has 0 radical (unpaired) electrons. The number of diazo groups is 1. The van der Waals surface area contributed by atoms with Gasteiger partial charge in [0, 0.05) is 12.1 Å². The fraction of sp³-hybridized carbons (Fsp3) is 0.0769. The van der Waals surface area contributed by atoms with Crippen molar-refractivity contribution in [2.24, 2.45) is 0 Å². The van der Waals surface area contributed by atoms with Gasteiger partial charge in [0.15, 0.2) is 4.98 Å². The minimum Gasteiger partial charge on any atom is -0.418 e. The first-order valence-corrected chi connectivity index (χ1v) is 5.70. The van der Waals surface area contributed by atoms with E-state index in [9.17, 15) is 17.3 Å². The summed E-state index contributed by atoms with van der Waals surface area (Å²) in [4.78, 5) is 3.13. The monoisotopic (exact) mass is 282 g/mol. The number of benzene rings is 2. The molecular formula is C13H11BF4N2. The van der Waals surface area contributed by atoms with E-state index in [-0.39, 0.29) is 0 Å². The normalized spacial score (nSPS) is 10.2. The van der Waals surface area contributed by atoms with E-state index in [0.29, 0.717) is 5.69 Å². The molecule has 0 aliphatic rings. The molecule has 0 heterocycles. The van der Waals surface area contributed by atoms with Gasteiger partial charge in [-0.15, -0.1) is 0 Å². The van der Waals surface area contributed by atoms with Crippen molar-refractivity contribution in [2.75, 3.05) is 0 Å². The average molecular weight is 282 g/mol. The SMILES string of the molecule is Cc1ccccc1-c1ccc([N+]#N)cc1.F[B-](F)(F)F. The summed E-state index contributed by atoms with van der Waals surface area (Å²) in [7, 11) is -6.00. The van der Waals surface area contributed by atoms with Gasteiger partial charge in [0.1, 0.15) is 0 Å². The van der Waals surface area contributed by atoms with Crippen LogP contribution >= 0.6 is 0 Å². The molecule has 0 unspecified atom stereocenters. The molecule has 2 aromatic carbocycles. The Hall–Kier alpha value is -2.36. The van der Waals surface area contributed by atoms with Gasteiger partial charge in [0.25, 0.3) is 0 Å². The van der Waals surface area contributed by atoms with Gasteiger partial charge < -0.3 is 17.3 Å². The molecular weight excluding hydrogens is 271 g/mol. The summed E-state index contributed by atoms with van der Waals surface area (Å²) >= 11 is 0. The largest absolute Gasteiger partial charge is 0.673 e. The Labute approximate surface area is 113 Å². The van der Waals surface area contributed by atoms with E-state index in [2.05, 4.69) is 24.0 Å². The van der Waals surface area contributed by atoms with Gasteiger partial charge in [-0.25, -0.2) is 0 Å². The lowest BCUT2D eigenvalue weighted by Crippen LogP contribution is -2.02. The molecule has 104 valence electrons. The van der Waals surface area contributed by atoms with Crippen LogP contribution in [0.1, 0.15) is 5.56 Å². The second kappa shape index (κ2) is 6.71. The van der Waals surface area contributed by atoms with E-state index in [1.807, 2.05) is 24.3 Å². The van der Waals surface area contributed by atoms with Gasteiger partial charge in [0.05, 0.1) is 0 Å². The lowest BCUT2D eigenvalue weighted by molar-refractivity contribution is 0.368. The molecule has 2 rings (SSSR count). The van der Waals surface area contributed by atoms with Crippen molar-refractivity contribution in [1.29, 1.82) is 5.39 Å². The predicted molar refractivity (Wildman–Crippen MR) is 71.5 cm³/mol. The molecule has 20 heavy (non-hydrogen) atoms. The number of rotatable bonds is 1. The summed E-state index contributed by atoms with van der Waals surface area (Å²) < 4.78 is 39.0. The number of hydrogen-bond acceptors (Lipinski definition) is 1. The highest BCUT2D eigenvalue weighted by Gasteiger charge is 2.20. The van der Waals surface area contributed by atoms with Crippen LogP contribution in [0.25, 0.3) is 16.1 Å². The zero-order valence-corrected chi connectivity index (χ0v) is 10.6. The van der Waals surface area contributed by atoms with E-state index in [0.717, 1.165) is 5.56 Å². The Kier molecular flexibility index (Phi) is 5.27. The predicted octanol–water partition coefficient (Wildman–Crippen LogP) is 5.45. The summed E-state index contributed by atoms with van der Waals surface area (Å²) in [6.07, 6.45) is 0. The van der Waals surface area contributed by atoms with E-state index in [1.165, 1.54) is 11.1 Å². The third kappa shape index (κ3) is 5.52. The van der Waals surface area contributed by atoms with Gasteiger partial charge in [-0.2, -0.15) is 0 Å². The van der Waals surface area contributed by atoms with Crippen molar-refractivity contribution in [2.45, 2.75) is 6.92 Å². The van der Waals surface area contributed by atoms with Gasteiger partial charge in [-0.1, -0.05) is 24.3 Å². The van der Waals surface area contributed by atoms with Crippen molar-refractivity contribution >= 4 is 12.9 Å². The Morgan fingerprint density at radius 1 is 0.900 bits per heavy atom. The van der Waals surface area contributed by atoms with E-state index in [4.69, 9.17) is 5.39 Å². The highest BCUT2D eigenvalue weighted by Crippen LogP contribution is 2.25. The fourth-order valence-electron chi connectivity index (χ4n) is 1.60. The molecule has 0 spiro atoms. The maximum Gasteiger partial charge on any atom is 0.673 e. The molecule has 0 amide bonds. The maximum atomic E-state index is 9.75. The molecule has 0 saturated heterocycles. The van der Waals surface area contributed by atoms with Gasteiger partial charge in [-0.3, -0.25) is 0 Å². The first kappa shape index (κ1) is 15.7. The van der Waals surface area contributed by atoms with Crippen molar-refractivity contribution in [3.63, 3.8) is 0 Å². The zero-order chi connectivity index (χ0) is 15.2. The summed E-state index contributed by atoms with van der Waals surface area (Å²) in [5.41, 5.74) is 4.17. The van der Waals surface area contributed by atoms with Crippen molar-refractivity contribution in [3.05, 3.63) is 59.1 Å². The average Bonchev–Trinajstić information content (AvgIpc) is 2.38. The minimum atomic E-state index is -6.00. The molecule has 0 aliphatic carbocycles. The Bertz CT molecular complexity index is 597. The second-order valence-corrected chi connectivity index (χ2v) is 3.96. The standard InChI is InChI=1S/C13H11N2.BF4/c1-10-4-2-3-5-13(10)11-6-8-12(15-14)9-7-11;2-1(3,4)5/h2-9H,1H3;/q+1;-1. The van der Waals surface area contributed by atoms with Crippen LogP contribution in [0.15, 0.2) is 48.5 Å². The van der Waals surface area contributed by atoms with E-state index >= 15 is 0 Å². The molecule has 0 aliphatic heterocycles. The van der Waals surface area contributed by atoms with Crippen molar-refractivity contribution in [3.8, 4) is 11.1 Å². The van der Waals surface area contributed by atoms with Crippen LogP contribution in [0.3, 0.4) is 0 Å². The molecule has 2 aromatic rings. The topological polar surface area (TPSA) is 28.1 Å².